The summed E-state index contributed by atoms with van der Waals surface area (Å²) in [6, 6.07) is 12.5. The predicted molar refractivity (Wildman–Crippen MR) is 99.7 cm³/mol. The summed E-state index contributed by atoms with van der Waals surface area (Å²) in [4.78, 5) is 41.6. The zero-order valence-corrected chi connectivity index (χ0v) is 15.9. The van der Waals surface area contributed by atoms with Gasteiger partial charge in [-0.25, -0.2) is 4.79 Å². The minimum Gasteiger partial charge on any atom is -0.467 e. The molecule has 0 radical (unpaired) electrons. The van der Waals surface area contributed by atoms with Crippen molar-refractivity contribution >= 4 is 29.1 Å². The van der Waals surface area contributed by atoms with Gasteiger partial charge in [0.05, 0.1) is 25.0 Å². The second-order valence-corrected chi connectivity index (χ2v) is 7.71. The lowest BCUT2D eigenvalue weighted by atomic mass is 9.75. The number of hydrogen-bond donors (Lipinski definition) is 1. The molecule has 0 spiro atoms. The number of carbonyl (C=O) groups is 3. The molecule has 2 aliphatic rings. The third kappa shape index (κ3) is 2.38. The van der Waals surface area contributed by atoms with Crippen molar-refractivity contribution < 1.29 is 19.1 Å². The first-order chi connectivity index (χ1) is 13.1. The first-order valence-electron chi connectivity index (χ1n) is 8.86. The predicted octanol–water partition coefficient (Wildman–Crippen LogP) is 2.08. The van der Waals surface area contributed by atoms with Gasteiger partial charge in [-0.1, -0.05) is 36.4 Å². The molecule has 4 unspecified atom stereocenters. The fourth-order valence-corrected chi connectivity index (χ4v) is 5.25. The van der Waals surface area contributed by atoms with Crippen molar-refractivity contribution in [2.24, 2.45) is 11.8 Å². The van der Waals surface area contributed by atoms with Crippen LogP contribution in [-0.2, 0) is 24.7 Å². The van der Waals surface area contributed by atoms with Crippen LogP contribution in [0.3, 0.4) is 0 Å². The van der Waals surface area contributed by atoms with Crippen molar-refractivity contribution in [3.8, 4) is 0 Å². The summed E-state index contributed by atoms with van der Waals surface area (Å²) in [6.45, 7) is 2.06. The smallest absolute Gasteiger partial charge is 0.331 e. The zero-order valence-electron chi connectivity index (χ0n) is 15.0. The van der Waals surface area contributed by atoms with Gasteiger partial charge in [0.2, 0.25) is 11.8 Å². The van der Waals surface area contributed by atoms with Gasteiger partial charge in [-0.15, -0.1) is 11.3 Å². The summed E-state index contributed by atoms with van der Waals surface area (Å²) in [5, 5.41) is 5.27. The van der Waals surface area contributed by atoms with Gasteiger partial charge in [-0.3, -0.25) is 19.8 Å². The third-order valence-electron chi connectivity index (χ3n) is 5.55. The van der Waals surface area contributed by atoms with E-state index in [0.717, 1.165) is 4.88 Å². The topological polar surface area (TPSA) is 75.7 Å². The third-order valence-corrected chi connectivity index (χ3v) is 6.51. The molecular formula is C20H20N2O4S. The maximum absolute atomic E-state index is 13.2. The molecule has 1 aromatic carbocycles. The molecule has 2 amide bonds. The van der Waals surface area contributed by atoms with Crippen molar-refractivity contribution in [2.45, 2.75) is 18.5 Å². The Labute approximate surface area is 161 Å². The number of ether oxygens (including phenoxy) is 1. The average Bonchev–Trinajstić information content (AvgIpc) is 3.39. The molecule has 4 rings (SSSR count). The Morgan fingerprint density at radius 1 is 1.19 bits per heavy atom. The number of nitrogens with one attached hydrogen (secondary N) is 1. The molecule has 27 heavy (non-hydrogen) atoms. The highest BCUT2D eigenvalue weighted by atomic mass is 32.1. The van der Waals surface area contributed by atoms with E-state index in [0.29, 0.717) is 5.56 Å². The Kier molecular flexibility index (Phi) is 4.36. The summed E-state index contributed by atoms with van der Waals surface area (Å²) in [5.41, 5.74) is -0.767. The maximum atomic E-state index is 13.2. The number of imide groups is 1. The number of fused-ring (bicyclic) bond motifs is 1. The van der Waals surface area contributed by atoms with Crippen molar-refractivity contribution in [1.29, 1.82) is 0 Å². The highest BCUT2D eigenvalue weighted by Gasteiger charge is 2.69. The van der Waals surface area contributed by atoms with Crippen LogP contribution >= 0.6 is 11.3 Å². The Morgan fingerprint density at radius 2 is 1.93 bits per heavy atom. The SMILES string of the molecule is CCN1C(=O)C2C(c3cccs3)NC(C(=O)OC)(c3ccccc3)C2C1=O. The molecule has 2 fully saturated rings. The number of nitrogens with zero attached hydrogens (tertiary/aromatic N) is 1. The first-order valence-corrected chi connectivity index (χ1v) is 9.74. The van der Waals surface area contributed by atoms with Gasteiger partial charge < -0.3 is 4.74 Å². The van der Waals surface area contributed by atoms with Gasteiger partial charge in [0.15, 0.2) is 5.54 Å². The normalized spacial score (nSPS) is 29.9. The molecule has 0 aliphatic carbocycles. The van der Waals surface area contributed by atoms with E-state index >= 15 is 0 Å². The minimum atomic E-state index is -1.40. The van der Waals surface area contributed by atoms with Gasteiger partial charge in [0, 0.05) is 11.4 Å². The van der Waals surface area contributed by atoms with Crippen LogP contribution in [0, 0.1) is 11.8 Å². The highest BCUT2D eigenvalue weighted by molar-refractivity contribution is 7.10. The summed E-state index contributed by atoms with van der Waals surface area (Å²) in [7, 11) is 1.31. The molecule has 2 aliphatic heterocycles. The maximum Gasteiger partial charge on any atom is 0.331 e. The van der Waals surface area contributed by atoms with Crippen LogP contribution in [0.1, 0.15) is 23.4 Å². The van der Waals surface area contributed by atoms with E-state index in [2.05, 4.69) is 5.32 Å². The van der Waals surface area contributed by atoms with E-state index in [1.165, 1.54) is 23.3 Å². The largest absolute Gasteiger partial charge is 0.467 e. The van der Waals surface area contributed by atoms with E-state index in [1.54, 1.807) is 19.1 Å². The number of methoxy groups -OCH3 is 1. The Balaban J connectivity index is 1.95. The van der Waals surface area contributed by atoms with Crippen molar-refractivity contribution in [2.75, 3.05) is 13.7 Å². The van der Waals surface area contributed by atoms with Gasteiger partial charge in [0.25, 0.3) is 0 Å². The van der Waals surface area contributed by atoms with E-state index in [4.69, 9.17) is 4.74 Å². The van der Waals surface area contributed by atoms with Crippen LogP contribution < -0.4 is 5.32 Å². The molecule has 3 heterocycles. The number of esters is 1. The summed E-state index contributed by atoms with van der Waals surface area (Å²) >= 11 is 1.50. The molecule has 2 aromatic rings. The Bertz CT molecular complexity index is 883. The van der Waals surface area contributed by atoms with Crippen LogP contribution in [0.5, 0.6) is 0 Å². The average molecular weight is 384 g/mol. The fourth-order valence-electron chi connectivity index (χ4n) is 4.42. The number of thiophene rings is 1. The van der Waals surface area contributed by atoms with Gasteiger partial charge >= 0.3 is 5.97 Å². The van der Waals surface area contributed by atoms with Crippen molar-refractivity contribution in [3.05, 3.63) is 58.3 Å². The fraction of sp³-hybridized carbons (Fsp3) is 0.350. The molecule has 7 heteroatoms. The highest BCUT2D eigenvalue weighted by Crippen LogP contribution is 2.53. The van der Waals surface area contributed by atoms with E-state index in [1.807, 2.05) is 35.7 Å². The molecule has 1 aromatic heterocycles. The lowest BCUT2D eigenvalue weighted by Crippen LogP contribution is -2.53. The lowest BCUT2D eigenvalue weighted by Gasteiger charge is -2.32. The number of rotatable bonds is 4. The van der Waals surface area contributed by atoms with E-state index < -0.39 is 29.4 Å². The monoisotopic (exact) mass is 384 g/mol. The van der Waals surface area contributed by atoms with Crippen LogP contribution in [-0.4, -0.2) is 36.3 Å². The van der Waals surface area contributed by atoms with Gasteiger partial charge in [-0.2, -0.15) is 0 Å². The first kappa shape index (κ1) is 17.9. The standard InChI is InChI=1S/C20H20N2O4S/c1-3-22-17(23)14-15(18(22)24)20(19(25)26-2,12-8-5-4-6-9-12)21-16(14)13-10-7-11-27-13/h4-11,14-16,21H,3H2,1-2H3. The van der Waals surface area contributed by atoms with Crippen LogP contribution in [0.15, 0.2) is 47.8 Å². The van der Waals surface area contributed by atoms with Crippen LogP contribution in [0.2, 0.25) is 0 Å². The lowest BCUT2D eigenvalue weighted by molar-refractivity contribution is -0.154. The van der Waals surface area contributed by atoms with Gasteiger partial charge in [-0.05, 0) is 23.9 Å². The van der Waals surface area contributed by atoms with Crippen LogP contribution in [0.4, 0.5) is 0 Å². The number of benzene rings is 1. The van der Waals surface area contributed by atoms with Crippen molar-refractivity contribution in [1.82, 2.24) is 10.2 Å². The minimum absolute atomic E-state index is 0.236. The van der Waals surface area contributed by atoms with Gasteiger partial charge in [0.1, 0.15) is 0 Å². The molecule has 140 valence electrons. The number of amides is 2. The van der Waals surface area contributed by atoms with E-state index in [9.17, 15) is 14.4 Å². The van der Waals surface area contributed by atoms with E-state index in [-0.39, 0.29) is 18.4 Å². The van der Waals surface area contributed by atoms with Crippen molar-refractivity contribution in [3.63, 3.8) is 0 Å². The number of hydrogen-bond acceptors (Lipinski definition) is 6. The molecule has 0 saturated carbocycles. The second kappa shape index (κ2) is 6.58. The molecule has 0 bridgehead atoms. The quantitative estimate of drug-likeness (QED) is 0.645. The molecular weight excluding hydrogens is 364 g/mol. The summed E-state index contributed by atoms with van der Waals surface area (Å²) in [5.74, 6) is -2.60. The number of likely N-dealkylation sites (tertiary alicyclic amines) is 1. The second-order valence-electron chi connectivity index (χ2n) is 6.73. The summed E-state index contributed by atoms with van der Waals surface area (Å²) in [6.07, 6.45) is 0. The summed E-state index contributed by atoms with van der Waals surface area (Å²) < 4.78 is 5.14. The molecule has 2 saturated heterocycles. The Hall–Kier alpha value is -2.51. The Morgan fingerprint density at radius 3 is 2.52 bits per heavy atom. The zero-order chi connectivity index (χ0) is 19.2. The molecule has 6 nitrogen and oxygen atoms in total. The number of carbonyl (C=O) groups excluding carboxylic acids is 3. The molecule has 4 atom stereocenters. The van der Waals surface area contributed by atoms with Crippen LogP contribution in [0.25, 0.3) is 0 Å². The molecule has 1 N–H and O–H groups in total.